The molecule has 7 heteroatoms. The molecule has 112 valence electrons. The molecule has 1 heterocycles. The van der Waals surface area contributed by atoms with Crippen LogP contribution in [0, 0.1) is 5.92 Å². The van der Waals surface area contributed by atoms with E-state index in [2.05, 4.69) is 15.3 Å². The van der Waals surface area contributed by atoms with Crippen molar-refractivity contribution < 1.29 is 14.7 Å². The summed E-state index contributed by atoms with van der Waals surface area (Å²) in [6, 6.07) is -1.35. The topological polar surface area (TPSA) is 98.3 Å². The standard InChI is InChI=1S/C13H22N4O3/c1-8(2)9(3)17(4)13(20)16-11(12(18)19)5-10-6-14-7-15-10/h6-9,11H,5H2,1-4H3,(H,14,15)(H,16,20)(H,18,19)/t9?,11-/m1/s1. The van der Waals surface area contributed by atoms with E-state index in [1.54, 1.807) is 13.2 Å². The van der Waals surface area contributed by atoms with Gasteiger partial charge < -0.3 is 20.3 Å². The molecule has 7 nitrogen and oxygen atoms in total. The maximum Gasteiger partial charge on any atom is 0.326 e. The van der Waals surface area contributed by atoms with Crippen molar-refractivity contribution in [3.63, 3.8) is 0 Å². The Labute approximate surface area is 118 Å². The molecule has 1 unspecified atom stereocenters. The highest BCUT2D eigenvalue weighted by Gasteiger charge is 2.25. The highest BCUT2D eigenvalue weighted by molar-refractivity contribution is 5.82. The van der Waals surface area contributed by atoms with E-state index < -0.39 is 18.0 Å². The second-order valence-corrected chi connectivity index (χ2v) is 5.22. The zero-order chi connectivity index (χ0) is 15.3. The first kappa shape index (κ1) is 16.0. The van der Waals surface area contributed by atoms with Crippen molar-refractivity contribution in [1.29, 1.82) is 0 Å². The van der Waals surface area contributed by atoms with E-state index in [-0.39, 0.29) is 12.5 Å². The molecule has 0 aromatic carbocycles. The van der Waals surface area contributed by atoms with Crippen molar-refractivity contribution >= 4 is 12.0 Å². The maximum absolute atomic E-state index is 12.1. The summed E-state index contributed by atoms with van der Waals surface area (Å²) in [5.74, 6) is -0.778. The Morgan fingerprint density at radius 3 is 2.55 bits per heavy atom. The summed E-state index contributed by atoms with van der Waals surface area (Å²) >= 11 is 0. The van der Waals surface area contributed by atoms with Gasteiger partial charge in [0.05, 0.1) is 6.33 Å². The first-order chi connectivity index (χ1) is 9.32. The summed E-state index contributed by atoms with van der Waals surface area (Å²) in [7, 11) is 1.66. The Balaban J connectivity index is 2.66. The van der Waals surface area contributed by atoms with E-state index >= 15 is 0 Å². The van der Waals surface area contributed by atoms with Crippen molar-refractivity contribution in [2.24, 2.45) is 5.92 Å². The van der Waals surface area contributed by atoms with Gasteiger partial charge in [0.1, 0.15) is 6.04 Å². The third-order valence-corrected chi connectivity index (χ3v) is 3.47. The molecule has 0 radical (unpaired) electrons. The number of carboxylic acids is 1. The van der Waals surface area contributed by atoms with E-state index in [0.717, 1.165) is 0 Å². The van der Waals surface area contributed by atoms with Gasteiger partial charge in [0.2, 0.25) is 0 Å². The zero-order valence-corrected chi connectivity index (χ0v) is 12.3. The van der Waals surface area contributed by atoms with Gasteiger partial charge in [-0.1, -0.05) is 13.8 Å². The lowest BCUT2D eigenvalue weighted by Gasteiger charge is -2.29. The maximum atomic E-state index is 12.1. The smallest absolute Gasteiger partial charge is 0.326 e. The molecule has 0 aliphatic heterocycles. The SMILES string of the molecule is CC(C)C(C)N(C)C(=O)N[C@H](Cc1cnc[nH]1)C(=O)O. The van der Waals surface area contributed by atoms with Crippen LogP contribution < -0.4 is 5.32 Å². The van der Waals surface area contributed by atoms with Crippen molar-refractivity contribution in [3.8, 4) is 0 Å². The van der Waals surface area contributed by atoms with E-state index in [1.807, 2.05) is 20.8 Å². The molecule has 0 fully saturated rings. The molecule has 1 aromatic rings. The molecule has 0 aliphatic carbocycles. The summed E-state index contributed by atoms with van der Waals surface area (Å²) in [6.45, 7) is 5.94. The molecular formula is C13H22N4O3. The number of imidazole rings is 1. The van der Waals surface area contributed by atoms with Crippen LogP contribution in [0.1, 0.15) is 26.5 Å². The second-order valence-electron chi connectivity index (χ2n) is 5.22. The first-order valence-electron chi connectivity index (χ1n) is 6.56. The number of carboxylic acid groups (broad SMARTS) is 1. The van der Waals surface area contributed by atoms with Crippen molar-refractivity contribution in [3.05, 3.63) is 18.2 Å². The van der Waals surface area contributed by atoms with Crippen molar-refractivity contribution in [1.82, 2.24) is 20.2 Å². The Morgan fingerprint density at radius 2 is 2.10 bits per heavy atom. The van der Waals surface area contributed by atoms with E-state index in [4.69, 9.17) is 0 Å². The number of aromatic nitrogens is 2. The fourth-order valence-electron chi connectivity index (χ4n) is 1.70. The van der Waals surface area contributed by atoms with Crippen LogP contribution in [-0.4, -0.2) is 51.1 Å². The number of rotatable bonds is 6. The van der Waals surface area contributed by atoms with Gasteiger partial charge in [0, 0.05) is 31.4 Å². The van der Waals surface area contributed by atoms with Gasteiger partial charge in [0.15, 0.2) is 0 Å². The van der Waals surface area contributed by atoms with E-state index in [1.165, 1.54) is 11.2 Å². The second kappa shape index (κ2) is 6.93. The number of hydrogen-bond acceptors (Lipinski definition) is 3. The number of aliphatic carboxylic acids is 1. The van der Waals surface area contributed by atoms with Crippen LogP contribution in [-0.2, 0) is 11.2 Å². The molecule has 2 atom stereocenters. The Morgan fingerprint density at radius 1 is 1.45 bits per heavy atom. The molecule has 3 N–H and O–H groups in total. The normalized spacial score (nSPS) is 13.8. The van der Waals surface area contributed by atoms with Crippen LogP contribution in [0.4, 0.5) is 4.79 Å². The van der Waals surface area contributed by atoms with Crippen LogP contribution in [0.25, 0.3) is 0 Å². The van der Waals surface area contributed by atoms with E-state index in [0.29, 0.717) is 11.6 Å². The van der Waals surface area contributed by atoms with Crippen LogP contribution in [0.2, 0.25) is 0 Å². The molecule has 1 rings (SSSR count). The van der Waals surface area contributed by atoms with Crippen molar-refractivity contribution in [2.45, 2.75) is 39.3 Å². The number of nitrogens with zero attached hydrogens (tertiary/aromatic N) is 2. The van der Waals surface area contributed by atoms with Gasteiger partial charge >= 0.3 is 12.0 Å². The minimum Gasteiger partial charge on any atom is -0.480 e. The molecule has 0 spiro atoms. The minimum absolute atomic E-state index is 0.0246. The quantitative estimate of drug-likeness (QED) is 0.727. The Bertz CT molecular complexity index is 444. The van der Waals surface area contributed by atoms with Gasteiger partial charge in [-0.2, -0.15) is 0 Å². The third kappa shape index (κ3) is 4.25. The average molecular weight is 282 g/mol. The third-order valence-electron chi connectivity index (χ3n) is 3.47. The average Bonchev–Trinajstić information content (AvgIpc) is 2.88. The molecule has 0 bridgehead atoms. The van der Waals surface area contributed by atoms with Crippen LogP contribution in [0.3, 0.4) is 0 Å². The molecular weight excluding hydrogens is 260 g/mol. The predicted molar refractivity (Wildman–Crippen MR) is 74.3 cm³/mol. The molecule has 0 aliphatic rings. The molecule has 0 saturated heterocycles. The number of carbonyl (C=O) groups excluding carboxylic acids is 1. The van der Waals surface area contributed by atoms with Crippen LogP contribution in [0.15, 0.2) is 12.5 Å². The summed E-state index contributed by atoms with van der Waals surface area (Å²) < 4.78 is 0. The number of hydrogen-bond donors (Lipinski definition) is 3. The summed E-state index contributed by atoms with van der Waals surface area (Å²) in [5, 5.41) is 11.7. The van der Waals surface area contributed by atoms with Crippen LogP contribution >= 0.6 is 0 Å². The predicted octanol–water partition coefficient (Wildman–Crippen LogP) is 1.09. The molecule has 20 heavy (non-hydrogen) atoms. The van der Waals surface area contributed by atoms with Gasteiger partial charge in [-0.15, -0.1) is 0 Å². The summed E-state index contributed by atoms with van der Waals surface area (Å²) in [6.07, 6.45) is 3.19. The van der Waals surface area contributed by atoms with Crippen molar-refractivity contribution in [2.75, 3.05) is 7.05 Å². The minimum atomic E-state index is -1.07. The van der Waals surface area contributed by atoms with Crippen LogP contribution in [0.5, 0.6) is 0 Å². The lowest BCUT2D eigenvalue weighted by Crippen LogP contribution is -2.51. The van der Waals surface area contributed by atoms with Gasteiger partial charge in [0.25, 0.3) is 0 Å². The lowest BCUT2D eigenvalue weighted by atomic mass is 10.1. The highest BCUT2D eigenvalue weighted by atomic mass is 16.4. The number of nitrogens with one attached hydrogen (secondary N) is 2. The number of amides is 2. The number of H-pyrrole nitrogens is 1. The summed E-state index contributed by atoms with van der Waals surface area (Å²) in [5.41, 5.74) is 0.664. The number of aromatic amines is 1. The zero-order valence-electron chi connectivity index (χ0n) is 12.3. The van der Waals surface area contributed by atoms with Gasteiger partial charge in [-0.3, -0.25) is 0 Å². The lowest BCUT2D eigenvalue weighted by molar-refractivity contribution is -0.139. The largest absolute Gasteiger partial charge is 0.480 e. The van der Waals surface area contributed by atoms with Gasteiger partial charge in [-0.05, 0) is 12.8 Å². The number of carbonyl (C=O) groups is 2. The fourth-order valence-corrected chi connectivity index (χ4v) is 1.70. The Hall–Kier alpha value is -2.05. The molecule has 1 aromatic heterocycles. The van der Waals surface area contributed by atoms with E-state index in [9.17, 15) is 14.7 Å². The monoisotopic (exact) mass is 282 g/mol. The summed E-state index contributed by atoms with van der Waals surface area (Å²) in [4.78, 5) is 31.5. The molecule has 2 amide bonds. The Kier molecular flexibility index (Phi) is 5.54. The number of urea groups is 1. The highest BCUT2D eigenvalue weighted by Crippen LogP contribution is 2.08. The molecule has 0 saturated carbocycles. The van der Waals surface area contributed by atoms with Gasteiger partial charge in [-0.25, -0.2) is 14.6 Å². The first-order valence-corrected chi connectivity index (χ1v) is 6.56. The fraction of sp³-hybridized carbons (Fsp3) is 0.615.